The van der Waals surface area contributed by atoms with Crippen LogP contribution in [0.2, 0.25) is 0 Å². The number of rotatable bonds is 1. The number of ether oxygens (including phenoxy) is 1. The predicted molar refractivity (Wildman–Crippen MR) is 63.8 cm³/mol. The average Bonchev–Trinajstić information content (AvgIpc) is 2.78. The van der Waals surface area contributed by atoms with Gasteiger partial charge in [-0.3, -0.25) is 0 Å². The zero-order valence-corrected chi connectivity index (χ0v) is 10.5. The maximum atomic E-state index is 12.5. The van der Waals surface area contributed by atoms with Crippen LogP contribution in [0.1, 0.15) is 17.2 Å². The van der Waals surface area contributed by atoms with Gasteiger partial charge in [-0.15, -0.1) is 0 Å². The molecule has 1 unspecified atom stereocenters. The molecule has 0 saturated carbocycles. The Morgan fingerprint density at radius 3 is 2.43 bits per heavy atom. The maximum Gasteiger partial charge on any atom is 0.416 e. The first-order chi connectivity index (χ1) is 9.86. The minimum Gasteiger partial charge on any atom is -0.456 e. The predicted octanol–water partition coefficient (Wildman–Crippen LogP) is 1.87. The van der Waals surface area contributed by atoms with Gasteiger partial charge in [0.2, 0.25) is 0 Å². The molecule has 0 spiro atoms. The van der Waals surface area contributed by atoms with E-state index in [1.165, 1.54) is 12.1 Å². The van der Waals surface area contributed by atoms with Crippen molar-refractivity contribution in [3.8, 4) is 0 Å². The third kappa shape index (κ3) is 2.32. The van der Waals surface area contributed by atoms with Crippen molar-refractivity contribution in [2.45, 2.75) is 12.2 Å². The van der Waals surface area contributed by atoms with Gasteiger partial charge in [0.25, 0.3) is 0 Å². The second-order valence-electron chi connectivity index (χ2n) is 4.62. The lowest BCUT2D eigenvalue weighted by molar-refractivity contribution is -0.138. The first kappa shape index (κ1) is 13.5. The van der Waals surface area contributed by atoms with E-state index >= 15 is 0 Å². The molecule has 3 rings (SSSR count). The highest BCUT2D eigenvalue weighted by Crippen LogP contribution is 2.34. The highest BCUT2D eigenvalue weighted by Gasteiger charge is 2.38. The minimum atomic E-state index is -4.44. The van der Waals surface area contributed by atoms with Crippen molar-refractivity contribution in [3.05, 3.63) is 46.7 Å². The number of hydrogen-bond donors (Lipinski definition) is 2. The molecule has 5 nitrogen and oxygen atoms in total. The fourth-order valence-corrected chi connectivity index (χ4v) is 2.30. The van der Waals surface area contributed by atoms with Crippen LogP contribution in [0.4, 0.5) is 18.0 Å². The highest BCUT2D eigenvalue weighted by atomic mass is 19.4. The third-order valence-corrected chi connectivity index (χ3v) is 3.29. The Kier molecular flexibility index (Phi) is 2.89. The number of nitrogens with one attached hydrogen (secondary N) is 2. The molecule has 8 heteroatoms. The summed E-state index contributed by atoms with van der Waals surface area (Å²) in [4.78, 5) is 23.2. The molecule has 1 aromatic rings. The van der Waals surface area contributed by atoms with Gasteiger partial charge >= 0.3 is 18.2 Å². The fraction of sp³-hybridized carbons (Fsp3) is 0.231. The Balaban J connectivity index is 1.97. The largest absolute Gasteiger partial charge is 0.456 e. The lowest BCUT2D eigenvalue weighted by Gasteiger charge is -2.24. The van der Waals surface area contributed by atoms with Crippen molar-refractivity contribution in [3.63, 3.8) is 0 Å². The molecule has 1 aromatic carbocycles. The van der Waals surface area contributed by atoms with Crippen LogP contribution >= 0.6 is 0 Å². The fourth-order valence-electron chi connectivity index (χ4n) is 2.30. The molecule has 2 N–H and O–H groups in total. The van der Waals surface area contributed by atoms with Crippen LogP contribution in [0.5, 0.6) is 0 Å². The Labute approximate surface area is 116 Å². The van der Waals surface area contributed by atoms with Crippen molar-refractivity contribution < 1.29 is 27.5 Å². The molecule has 2 aliphatic heterocycles. The second-order valence-corrected chi connectivity index (χ2v) is 4.62. The number of cyclic esters (lactones) is 1. The van der Waals surface area contributed by atoms with Crippen LogP contribution in [0, 0.1) is 0 Å². The molecule has 0 bridgehead atoms. The molecular weight excluding hydrogens is 289 g/mol. The van der Waals surface area contributed by atoms with Crippen LogP contribution in [0.25, 0.3) is 0 Å². The average molecular weight is 298 g/mol. The van der Waals surface area contributed by atoms with Gasteiger partial charge in [0, 0.05) is 0 Å². The van der Waals surface area contributed by atoms with Crippen LogP contribution in [-0.2, 0) is 15.7 Å². The van der Waals surface area contributed by atoms with E-state index < -0.39 is 29.8 Å². The smallest absolute Gasteiger partial charge is 0.416 e. The number of carbonyl (C=O) groups excluding carboxylic acids is 2. The molecule has 0 fully saturated rings. The van der Waals surface area contributed by atoms with Gasteiger partial charge in [-0.25, -0.2) is 9.59 Å². The quantitative estimate of drug-likeness (QED) is 0.778. The first-order valence-corrected chi connectivity index (χ1v) is 6.01. The van der Waals surface area contributed by atoms with Gasteiger partial charge in [-0.1, -0.05) is 12.1 Å². The van der Waals surface area contributed by atoms with Crippen molar-refractivity contribution in [2.24, 2.45) is 0 Å². The van der Waals surface area contributed by atoms with Gasteiger partial charge < -0.3 is 15.4 Å². The molecule has 1 atom stereocenters. The van der Waals surface area contributed by atoms with Gasteiger partial charge in [0.15, 0.2) is 0 Å². The summed E-state index contributed by atoms with van der Waals surface area (Å²) in [5.74, 6) is -0.595. The number of halogens is 3. The first-order valence-electron chi connectivity index (χ1n) is 6.01. The summed E-state index contributed by atoms with van der Waals surface area (Å²) >= 11 is 0. The molecule has 0 aromatic heterocycles. The van der Waals surface area contributed by atoms with Gasteiger partial charge in [-0.05, 0) is 17.7 Å². The van der Waals surface area contributed by atoms with Crippen molar-refractivity contribution >= 4 is 12.0 Å². The summed E-state index contributed by atoms with van der Waals surface area (Å²) in [5.41, 5.74) is 0.141. The van der Waals surface area contributed by atoms with E-state index in [1.807, 2.05) is 0 Å². The summed E-state index contributed by atoms with van der Waals surface area (Å²) in [5, 5.41) is 4.95. The monoisotopic (exact) mass is 298 g/mol. The van der Waals surface area contributed by atoms with E-state index in [9.17, 15) is 22.8 Å². The number of alkyl halides is 3. The van der Waals surface area contributed by atoms with Gasteiger partial charge in [-0.2, -0.15) is 13.2 Å². The molecule has 2 amide bonds. The highest BCUT2D eigenvalue weighted by molar-refractivity contribution is 5.97. The van der Waals surface area contributed by atoms with E-state index in [0.29, 0.717) is 11.3 Å². The van der Waals surface area contributed by atoms with Crippen LogP contribution in [0.3, 0.4) is 0 Å². The molecular formula is C13H9F3N2O3. The SMILES string of the molecule is O=C1NC2=C(C(=O)OC2)C(c2ccc(C(F)(F)F)cc2)N1. The molecule has 2 aliphatic rings. The van der Waals surface area contributed by atoms with Gasteiger partial charge in [0.05, 0.1) is 22.9 Å². The topological polar surface area (TPSA) is 67.4 Å². The lowest BCUT2D eigenvalue weighted by Crippen LogP contribution is -2.44. The zero-order valence-electron chi connectivity index (χ0n) is 10.5. The summed E-state index contributed by atoms with van der Waals surface area (Å²) in [7, 11) is 0. The number of benzene rings is 1. The van der Waals surface area contributed by atoms with Crippen molar-refractivity contribution in [1.82, 2.24) is 10.6 Å². The Bertz CT molecular complexity index is 650. The summed E-state index contributed by atoms with van der Waals surface area (Å²) in [6.45, 7) is -0.0429. The molecule has 21 heavy (non-hydrogen) atoms. The second kappa shape index (κ2) is 4.51. The van der Waals surface area contributed by atoms with Crippen molar-refractivity contribution in [1.29, 1.82) is 0 Å². The summed E-state index contributed by atoms with van der Waals surface area (Å²) < 4.78 is 42.4. The minimum absolute atomic E-state index is 0.0429. The van der Waals surface area contributed by atoms with E-state index in [-0.39, 0.29) is 12.2 Å². The molecule has 0 aliphatic carbocycles. The Morgan fingerprint density at radius 1 is 1.14 bits per heavy atom. The molecule has 2 heterocycles. The van der Waals surface area contributed by atoms with E-state index in [2.05, 4.69) is 10.6 Å². The Hall–Kier alpha value is -2.51. The lowest BCUT2D eigenvalue weighted by atomic mass is 9.95. The standard InChI is InChI=1S/C13H9F3N2O3/c14-13(15,16)7-3-1-6(2-4-7)10-9-8(5-21-11(9)19)17-12(20)18-10/h1-4,10H,5H2,(H2,17,18,20). The maximum absolute atomic E-state index is 12.5. The van der Waals surface area contributed by atoms with E-state index in [1.54, 1.807) is 0 Å². The number of amides is 2. The van der Waals surface area contributed by atoms with E-state index in [0.717, 1.165) is 12.1 Å². The summed E-state index contributed by atoms with van der Waals surface area (Å²) in [6.07, 6.45) is -4.44. The van der Waals surface area contributed by atoms with Crippen LogP contribution in [-0.4, -0.2) is 18.6 Å². The molecule has 0 saturated heterocycles. The molecule has 0 radical (unpaired) electrons. The van der Waals surface area contributed by atoms with Crippen LogP contribution in [0.15, 0.2) is 35.5 Å². The summed E-state index contributed by atoms with van der Waals surface area (Å²) in [6, 6.07) is 2.93. The number of esters is 1. The van der Waals surface area contributed by atoms with Crippen LogP contribution < -0.4 is 10.6 Å². The zero-order chi connectivity index (χ0) is 15.2. The van der Waals surface area contributed by atoms with Gasteiger partial charge in [0.1, 0.15) is 6.61 Å². The van der Waals surface area contributed by atoms with Crippen molar-refractivity contribution in [2.75, 3.05) is 6.61 Å². The normalized spacial score (nSPS) is 21.6. The number of urea groups is 1. The van der Waals surface area contributed by atoms with E-state index in [4.69, 9.17) is 4.74 Å². The number of hydrogen-bond acceptors (Lipinski definition) is 3. The third-order valence-electron chi connectivity index (χ3n) is 3.29. The molecule has 110 valence electrons. The number of carbonyl (C=O) groups is 2. The Morgan fingerprint density at radius 2 is 1.81 bits per heavy atom.